The average Bonchev–Trinajstić information content (AvgIpc) is 2.42. The molecular formula is C16H17BrN2O2. The Labute approximate surface area is 132 Å². The van der Waals surface area contributed by atoms with E-state index in [1.807, 2.05) is 13.8 Å². The smallest absolute Gasteiger partial charge is 0.170 e. The summed E-state index contributed by atoms with van der Waals surface area (Å²) in [7, 11) is 1.62. The van der Waals surface area contributed by atoms with Crippen LogP contribution in [0, 0.1) is 13.8 Å². The number of aryl methyl sites for hydroxylation is 1. The number of pyridine rings is 1. The second kappa shape index (κ2) is 6.26. The van der Waals surface area contributed by atoms with Crippen LogP contribution in [-0.4, -0.2) is 17.9 Å². The Morgan fingerprint density at radius 2 is 2.10 bits per heavy atom. The summed E-state index contributed by atoms with van der Waals surface area (Å²) in [5.41, 5.74) is 9.43. The fourth-order valence-electron chi connectivity index (χ4n) is 2.28. The quantitative estimate of drug-likeness (QED) is 0.678. The van der Waals surface area contributed by atoms with Crippen LogP contribution in [0.15, 0.2) is 28.9 Å². The minimum Gasteiger partial charge on any atom is -0.496 e. The number of benzene rings is 1. The van der Waals surface area contributed by atoms with Crippen molar-refractivity contribution in [1.82, 2.24) is 4.98 Å². The van der Waals surface area contributed by atoms with Gasteiger partial charge in [0.1, 0.15) is 5.75 Å². The minimum atomic E-state index is -0.0542. The molecule has 0 saturated heterocycles. The van der Waals surface area contributed by atoms with Crippen LogP contribution in [0.5, 0.6) is 5.75 Å². The van der Waals surface area contributed by atoms with Crippen molar-refractivity contribution in [3.63, 3.8) is 0 Å². The van der Waals surface area contributed by atoms with Gasteiger partial charge in [-0.1, -0.05) is 15.9 Å². The first-order valence-corrected chi connectivity index (χ1v) is 7.30. The predicted octanol–water partition coefficient (Wildman–Crippen LogP) is 3.48. The van der Waals surface area contributed by atoms with Crippen LogP contribution >= 0.6 is 15.9 Å². The maximum Gasteiger partial charge on any atom is 0.170 e. The number of ketones is 1. The Hall–Kier alpha value is -1.88. The lowest BCUT2D eigenvalue weighted by Crippen LogP contribution is -2.10. The first-order valence-electron chi connectivity index (χ1n) is 6.51. The van der Waals surface area contributed by atoms with Gasteiger partial charge in [-0.05, 0) is 32.0 Å². The standard InChI is InChI=1S/C16H17BrN2O2/c1-9-8-19-14(10(2)16(9)21-3)7-15(20)12-5-4-11(17)6-13(12)18/h4-6,8H,7,18H2,1-3H3. The topological polar surface area (TPSA) is 65.2 Å². The summed E-state index contributed by atoms with van der Waals surface area (Å²) in [5, 5.41) is 0. The van der Waals surface area contributed by atoms with Gasteiger partial charge in [-0.2, -0.15) is 0 Å². The molecule has 4 nitrogen and oxygen atoms in total. The highest BCUT2D eigenvalue weighted by Crippen LogP contribution is 2.26. The highest BCUT2D eigenvalue weighted by atomic mass is 79.9. The zero-order chi connectivity index (χ0) is 15.6. The molecule has 5 heteroatoms. The van der Waals surface area contributed by atoms with Crippen molar-refractivity contribution < 1.29 is 9.53 Å². The van der Waals surface area contributed by atoms with Crippen molar-refractivity contribution in [2.24, 2.45) is 0 Å². The number of nitrogens with zero attached hydrogens (tertiary/aromatic N) is 1. The molecule has 0 unspecified atom stereocenters. The predicted molar refractivity (Wildman–Crippen MR) is 86.9 cm³/mol. The van der Waals surface area contributed by atoms with Crippen LogP contribution in [0.2, 0.25) is 0 Å². The summed E-state index contributed by atoms with van der Waals surface area (Å²) in [4.78, 5) is 16.8. The van der Waals surface area contributed by atoms with E-state index in [4.69, 9.17) is 10.5 Å². The highest BCUT2D eigenvalue weighted by molar-refractivity contribution is 9.10. The van der Waals surface area contributed by atoms with Crippen molar-refractivity contribution >= 4 is 27.4 Å². The number of nitrogen functional groups attached to an aromatic ring is 1. The summed E-state index contributed by atoms with van der Waals surface area (Å²) in [6.07, 6.45) is 1.92. The largest absolute Gasteiger partial charge is 0.496 e. The van der Waals surface area contributed by atoms with Crippen LogP contribution < -0.4 is 10.5 Å². The van der Waals surface area contributed by atoms with Crippen molar-refractivity contribution in [2.45, 2.75) is 20.3 Å². The van der Waals surface area contributed by atoms with Crippen LogP contribution in [0.1, 0.15) is 27.2 Å². The van der Waals surface area contributed by atoms with Gasteiger partial charge in [0, 0.05) is 33.0 Å². The van der Waals surface area contributed by atoms with Gasteiger partial charge in [-0.25, -0.2) is 0 Å². The molecule has 1 aromatic heterocycles. The lowest BCUT2D eigenvalue weighted by Gasteiger charge is -2.12. The molecule has 0 saturated carbocycles. The molecule has 0 aliphatic rings. The number of hydrogen-bond acceptors (Lipinski definition) is 4. The summed E-state index contributed by atoms with van der Waals surface area (Å²) in [6, 6.07) is 5.26. The zero-order valence-corrected chi connectivity index (χ0v) is 13.8. The van der Waals surface area contributed by atoms with E-state index in [2.05, 4.69) is 20.9 Å². The molecule has 1 heterocycles. The maximum absolute atomic E-state index is 12.4. The Morgan fingerprint density at radius 1 is 1.38 bits per heavy atom. The van der Waals surface area contributed by atoms with E-state index in [0.717, 1.165) is 21.3 Å². The summed E-state index contributed by atoms with van der Waals surface area (Å²) in [5.74, 6) is 0.720. The van der Waals surface area contributed by atoms with E-state index in [0.29, 0.717) is 16.9 Å². The van der Waals surface area contributed by atoms with Gasteiger partial charge in [-0.3, -0.25) is 9.78 Å². The number of halogens is 1. The number of rotatable bonds is 4. The van der Waals surface area contributed by atoms with Crippen molar-refractivity contribution in [3.05, 3.63) is 51.3 Å². The van der Waals surface area contributed by atoms with E-state index in [1.54, 1.807) is 31.5 Å². The summed E-state index contributed by atoms with van der Waals surface area (Å²) < 4.78 is 6.21. The van der Waals surface area contributed by atoms with E-state index >= 15 is 0 Å². The SMILES string of the molecule is COc1c(C)cnc(CC(=O)c2ccc(Br)cc2N)c1C. The second-order valence-electron chi connectivity index (χ2n) is 4.88. The Balaban J connectivity index is 2.32. The molecule has 2 aromatic rings. The molecule has 0 aliphatic carbocycles. The van der Waals surface area contributed by atoms with Crippen LogP contribution in [0.3, 0.4) is 0 Å². The first-order chi connectivity index (χ1) is 9.93. The fraction of sp³-hybridized carbons (Fsp3) is 0.250. The minimum absolute atomic E-state index is 0.0542. The average molecular weight is 349 g/mol. The molecule has 0 spiro atoms. The Kier molecular flexibility index (Phi) is 4.63. The molecule has 0 aliphatic heterocycles. The normalized spacial score (nSPS) is 10.5. The third-order valence-corrected chi connectivity index (χ3v) is 3.89. The van der Waals surface area contributed by atoms with Crippen LogP contribution in [0.25, 0.3) is 0 Å². The molecule has 0 amide bonds. The molecule has 0 radical (unpaired) electrons. The van der Waals surface area contributed by atoms with Gasteiger partial charge in [0.15, 0.2) is 5.78 Å². The third-order valence-electron chi connectivity index (χ3n) is 3.39. The fourth-order valence-corrected chi connectivity index (χ4v) is 2.66. The van der Waals surface area contributed by atoms with Gasteiger partial charge in [0.2, 0.25) is 0 Å². The molecule has 1 aromatic carbocycles. The van der Waals surface area contributed by atoms with Crippen LogP contribution in [-0.2, 0) is 6.42 Å². The molecule has 0 bridgehead atoms. The number of anilines is 1. The Morgan fingerprint density at radius 3 is 2.71 bits per heavy atom. The lowest BCUT2D eigenvalue weighted by atomic mass is 10.0. The first kappa shape index (κ1) is 15.5. The highest BCUT2D eigenvalue weighted by Gasteiger charge is 2.16. The monoisotopic (exact) mass is 348 g/mol. The summed E-state index contributed by atoms with van der Waals surface area (Å²) >= 11 is 3.33. The van der Waals surface area contributed by atoms with Gasteiger partial charge in [-0.15, -0.1) is 0 Å². The number of carbonyl (C=O) groups is 1. The molecule has 2 N–H and O–H groups in total. The molecular weight excluding hydrogens is 332 g/mol. The van der Waals surface area contributed by atoms with Gasteiger partial charge >= 0.3 is 0 Å². The summed E-state index contributed by atoms with van der Waals surface area (Å²) in [6.45, 7) is 3.84. The maximum atomic E-state index is 12.4. The number of hydrogen-bond donors (Lipinski definition) is 1. The van der Waals surface area contributed by atoms with Gasteiger partial charge in [0.05, 0.1) is 19.2 Å². The Bertz CT molecular complexity index is 699. The molecule has 110 valence electrons. The van der Waals surface area contributed by atoms with Crippen LogP contribution in [0.4, 0.5) is 5.69 Å². The molecule has 0 atom stereocenters. The van der Waals surface area contributed by atoms with Gasteiger partial charge < -0.3 is 10.5 Å². The number of Topliss-reactive ketones (excluding diaryl/α,β-unsaturated/α-hetero) is 1. The van der Waals surface area contributed by atoms with Crippen molar-refractivity contribution in [2.75, 3.05) is 12.8 Å². The second-order valence-corrected chi connectivity index (χ2v) is 5.79. The third kappa shape index (κ3) is 3.24. The van der Waals surface area contributed by atoms with Gasteiger partial charge in [0.25, 0.3) is 0 Å². The number of aromatic nitrogens is 1. The van der Waals surface area contributed by atoms with Crippen molar-refractivity contribution in [1.29, 1.82) is 0 Å². The van der Waals surface area contributed by atoms with E-state index in [9.17, 15) is 4.79 Å². The van der Waals surface area contributed by atoms with E-state index in [1.165, 1.54) is 0 Å². The number of carbonyl (C=O) groups excluding carboxylic acids is 1. The van der Waals surface area contributed by atoms with E-state index in [-0.39, 0.29) is 12.2 Å². The molecule has 2 rings (SSSR count). The van der Waals surface area contributed by atoms with E-state index < -0.39 is 0 Å². The molecule has 21 heavy (non-hydrogen) atoms. The van der Waals surface area contributed by atoms with Crippen molar-refractivity contribution in [3.8, 4) is 5.75 Å². The lowest BCUT2D eigenvalue weighted by molar-refractivity contribution is 0.0992. The number of methoxy groups -OCH3 is 1. The number of ether oxygens (including phenoxy) is 1. The molecule has 0 fully saturated rings. The zero-order valence-electron chi connectivity index (χ0n) is 12.2. The number of nitrogens with two attached hydrogens (primary N) is 1.